The molecule has 2 heteroatoms. The first-order valence-electron chi connectivity index (χ1n) is 6.35. The average Bonchev–Trinajstić information content (AvgIpc) is 2.36. The Kier molecular flexibility index (Phi) is 5.01. The molecule has 0 aliphatic rings. The van der Waals surface area contributed by atoms with Crippen molar-refractivity contribution in [2.75, 3.05) is 13.7 Å². The minimum atomic E-state index is -0.0128. The van der Waals surface area contributed by atoms with E-state index in [1.165, 1.54) is 11.1 Å². The zero-order valence-corrected chi connectivity index (χ0v) is 11.4. The fourth-order valence-electron chi connectivity index (χ4n) is 2.23. The van der Waals surface area contributed by atoms with Crippen LogP contribution in [-0.2, 0) is 6.42 Å². The van der Waals surface area contributed by atoms with Gasteiger partial charge in [0.15, 0.2) is 0 Å². The molecule has 0 unspecified atom stereocenters. The summed E-state index contributed by atoms with van der Waals surface area (Å²) in [5.41, 5.74) is 2.42. The summed E-state index contributed by atoms with van der Waals surface area (Å²) in [5, 5.41) is 9.63. The van der Waals surface area contributed by atoms with Gasteiger partial charge in [-0.2, -0.15) is 0 Å². The molecule has 0 radical (unpaired) electrons. The summed E-state index contributed by atoms with van der Waals surface area (Å²) in [6.07, 6.45) is 2.84. The standard InChI is InChI=1S/C15H24O2/c1-5-15(6-2,11-16)10-13-9-12(3)7-8-14(13)17-4/h7-9,16H,5-6,10-11H2,1-4H3. The molecule has 0 aliphatic heterocycles. The number of aliphatic hydroxyl groups is 1. The molecule has 1 rings (SSSR count). The van der Waals surface area contributed by atoms with Crippen LogP contribution in [0.25, 0.3) is 0 Å². The Labute approximate surface area is 105 Å². The van der Waals surface area contributed by atoms with Crippen LogP contribution < -0.4 is 4.74 Å². The number of aliphatic hydroxyl groups excluding tert-OH is 1. The van der Waals surface area contributed by atoms with E-state index >= 15 is 0 Å². The lowest BCUT2D eigenvalue weighted by molar-refractivity contribution is 0.114. The van der Waals surface area contributed by atoms with Crippen LogP contribution in [0.15, 0.2) is 18.2 Å². The highest BCUT2D eigenvalue weighted by molar-refractivity contribution is 5.37. The Morgan fingerprint density at radius 2 is 1.88 bits per heavy atom. The van der Waals surface area contributed by atoms with Gasteiger partial charge in [0, 0.05) is 6.61 Å². The third-order valence-corrected chi connectivity index (χ3v) is 3.84. The van der Waals surface area contributed by atoms with Gasteiger partial charge in [-0.1, -0.05) is 31.5 Å². The molecule has 2 nitrogen and oxygen atoms in total. The zero-order valence-electron chi connectivity index (χ0n) is 11.4. The predicted octanol–water partition coefficient (Wildman–Crippen LogP) is 3.34. The third-order valence-electron chi connectivity index (χ3n) is 3.84. The van der Waals surface area contributed by atoms with E-state index in [1.807, 2.05) is 6.07 Å². The van der Waals surface area contributed by atoms with Crippen LogP contribution in [0.2, 0.25) is 0 Å². The van der Waals surface area contributed by atoms with Gasteiger partial charge in [0.05, 0.1) is 7.11 Å². The van der Waals surface area contributed by atoms with Crippen LogP contribution in [0, 0.1) is 12.3 Å². The van der Waals surface area contributed by atoms with E-state index in [9.17, 15) is 5.11 Å². The summed E-state index contributed by atoms with van der Waals surface area (Å²) in [7, 11) is 1.70. The zero-order chi connectivity index (χ0) is 12.9. The van der Waals surface area contributed by atoms with Crippen molar-refractivity contribution in [2.24, 2.45) is 5.41 Å². The highest BCUT2D eigenvalue weighted by Crippen LogP contribution is 2.34. The van der Waals surface area contributed by atoms with Gasteiger partial charge >= 0.3 is 0 Å². The number of aryl methyl sites for hydroxylation is 1. The van der Waals surface area contributed by atoms with Gasteiger partial charge in [0.1, 0.15) is 5.75 Å². The first-order chi connectivity index (χ1) is 8.10. The second-order valence-corrected chi connectivity index (χ2v) is 4.86. The number of hydrogen-bond acceptors (Lipinski definition) is 2. The lowest BCUT2D eigenvalue weighted by atomic mass is 9.77. The second kappa shape index (κ2) is 6.06. The monoisotopic (exact) mass is 236 g/mol. The molecule has 0 spiro atoms. The number of rotatable bonds is 6. The molecule has 0 saturated carbocycles. The normalized spacial score (nSPS) is 11.6. The molecule has 0 heterocycles. The summed E-state index contributed by atoms with van der Waals surface area (Å²) in [5.74, 6) is 0.926. The number of benzene rings is 1. The molecule has 1 aromatic carbocycles. The fourth-order valence-corrected chi connectivity index (χ4v) is 2.23. The third kappa shape index (κ3) is 3.22. The predicted molar refractivity (Wildman–Crippen MR) is 71.5 cm³/mol. The lowest BCUT2D eigenvalue weighted by Crippen LogP contribution is -2.26. The SMILES string of the molecule is CCC(CC)(CO)Cc1cc(C)ccc1OC. The van der Waals surface area contributed by atoms with E-state index in [-0.39, 0.29) is 12.0 Å². The molecule has 0 bridgehead atoms. The van der Waals surface area contributed by atoms with Crippen molar-refractivity contribution >= 4 is 0 Å². The summed E-state index contributed by atoms with van der Waals surface area (Å²) >= 11 is 0. The Bertz CT molecular complexity index is 346. The molecule has 1 N–H and O–H groups in total. The van der Waals surface area contributed by atoms with Crippen molar-refractivity contribution in [3.05, 3.63) is 29.3 Å². The largest absolute Gasteiger partial charge is 0.496 e. The van der Waals surface area contributed by atoms with Crippen LogP contribution in [0.4, 0.5) is 0 Å². The van der Waals surface area contributed by atoms with Crippen LogP contribution in [0.3, 0.4) is 0 Å². The van der Waals surface area contributed by atoms with E-state index in [2.05, 4.69) is 32.9 Å². The quantitative estimate of drug-likeness (QED) is 0.820. The summed E-state index contributed by atoms with van der Waals surface area (Å²) in [6, 6.07) is 6.23. The molecular weight excluding hydrogens is 212 g/mol. The Morgan fingerprint density at radius 1 is 1.24 bits per heavy atom. The Hall–Kier alpha value is -1.02. The first-order valence-corrected chi connectivity index (χ1v) is 6.35. The van der Waals surface area contributed by atoms with Crippen molar-refractivity contribution in [3.63, 3.8) is 0 Å². The average molecular weight is 236 g/mol. The fraction of sp³-hybridized carbons (Fsp3) is 0.600. The van der Waals surface area contributed by atoms with E-state index in [1.54, 1.807) is 7.11 Å². The van der Waals surface area contributed by atoms with E-state index < -0.39 is 0 Å². The summed E-state index contributed by atoms with van der Waals surface area (Å²) < 4.78 is 5.40. The molecule has 0 aromatic heterocycles. The minimum Gasteiger partial charge on any atom is -0.496 e. The van der Waals surface area contributed by atoms with Gasteiger partial charge < -0.3 is 9.84 Å². The summed E-state index contributed by atoms with van der Waals surface area (Å²) in [4.78, 5) is 0. The highest BCUT2D eigenvalue weighted by atomic mass is 16.5. The van der Waals surface area contributed by atoms with Crippen molar-refractivity contribution in [1.29, 1.82) is 0 Å². The molecule has 1 aromatic rings. The topological polar surface area (TPSA) is 29.5 Å². The molecule has 0 atom stereocenters. The van der Waals surface area contributed by atoms with Crippen LogP contribution in [0.5, 0.6) is 5.75 Å². The number of hydrogen-bond donors (Lipinski definition) is 1. The molecule has 0 aliphatic carbocycles. The van der Waals surface area contributed by atoms with E-state index in [4.69, 9.17) is 4.74 Å². The van der Waals surface area contributed by atoms with Gasteiger partial charge in [-0.05, 0) is 43.2 Å². The maximum atomic E-state index is 9.63. The first kappa shape index (κ1) is 14.0. The van der Waals surface area contributed by atoms with E-state index in [0.29, 0.717) is 0 Å². The summed E-state index contributed by atoms with van der Waals surface area (Å²) in [6.45, 7) is 6.60. The van der Waals surface area contributed by atoms with Gasteiger partial charge in [0.2, 0.25) is 0 Å². The molecule has 96 valence electrons. The maximum Gasteiger partial charge on any atom is 0.122 e. The van der Waals surface area contributed by atoms with Crippen molar-refractivity contribution < 1.29 is 9.84 Å². The van der Waals surface area contributed by atoms with Gasteiger partial charge in [-0.3, -0.25) is 0 Å². The van der Waals surface area contributed by atoms with Gasteiger partial charge in [-0.25, -0.2) is 0 Å². The number of methoxy groups -OCH3 is 1. The van der Waals surface area contributed by atoms with Crippen LogP contribution in [-0.4, -0.2) is 18.8 Å². The van der Waals surface area contributed by atoms with E-state index in [0.717, 1.165) is 25.0 Å². The van der Waals surface area contributed by atoms with Crippen LogP contribution in [0.1, 0.15) is 37.8 Å². The Balaban J connectivity index is 3.03. The Morgan fingerprint density at radius 3 is 2.35 bits per heavy atom. The van der Waals surface area contributed by atoms with Crippen molar-refractivity contribution in [3.8, 4) is 5.75 Å². The second-order valence-electron chi connectivity index (χ2n) is 4.86. The maximum absolute atomic E-state index is 9.63. The molecular formula is C15H24O2. The minimum absolute atomic E-state index is 0.0128. The van der Waals surface area contributed by atoms with Crippen LogP contribution >= 0.6 is 0 Å². The smallest absolute Gasteiger partial charge is 0.122 e. The van der Waals surface area contributed by atoms with Gasteiger partial charge in [0.25, 0.3) is 0 Å². The lowest BCUT2D eigenvalue weighted by Gasteiger charge is -2.30. The molecule has 0 fully saturated rings. The van der Waals surface area contributed by atoms with Crippen molar-refractivity contribution in [1.82, 2.24) is 0 Å². The molecule has 0 saturated heterocycles. The van der Waals surface area contributed by atoms with Crippen molar-refractivity contribution in [2.45, 2.75) is 40.0 Å². The molecule has 17 heavy (non-hydrogen) atoms. The molecule has 0 amide bonds. The number of ether oxygens (including phenoxy) is 1. The van der Waals surface area contributed by atoms with Gasteiger partial charge in [-0.15, -0.1) is 0 Å². The highest BCUT2D eigenvalue weighted by Gasteiger charge is 2.26.